The summed E-state index contributed by atoms with van der Waals surface area (Å²) in [5.74, 6) is 1.86. The van der Waals surface area contributed by atoms with Gasteiger partial charge in [-0.05, 0) is 43.2 Å². The van der Waals surface area contributed by atoms with Crippen molar-refractivity contribution in [1.29, 1.82) is 0 Å². The molecule has 0 aliphatic carbocycles. The van der Waals surface area contributed by atoms with E-state index in [-0.39, 0.29) is 5.91 Å². The number of ether oxygens (including phenoxy) is 3. The van der Waals surface area contributed by atoms with Crippen molar-refractivity contribution in [2.45, 2.75) is 13.3 Å². The lowest BCUT2D eigenvalue weighted by Crippen LogP contribution is -2.25. The lowest BCUT2D eigenvalue weighted by molar-refractivity contribution is 0.0953. The number of hydrogen-bond donors (Lipinski definition) is 1. The number of carbonyl (C=O) groups excluding carboxylic acids is 1. The van der Waals surface area contributed by atoms with Crippen LogP contribution in [0.5, 0.6) is 17.2 Å². The zero-order valence-corrected chi connectivity index (χ0v) is 14.3. The maximum absolute atomic E-state index is 12.3. The Kier molecular flexibility index (Phi) is 6.49. The Labute approximate surface area is 142 Å². The molecule has 0 heterocycles. The van der Waals surface area contributed by atoms with Crippen LogP contribution in [0.4, 0.5) is 0 Å². The molecule has 0 unspecified atom stereocenters. The van der Waals surface area contributed by atoms with E-state index in [9.17, 15) is 4.79 Å². The number of methoxy groups -OCH3 is 2. The molecule has 0 saturated heterocycles. The summed E-state index contributed by atoms with van der Waals surface area (Å²) in [5, 5.41) is 2.91. The number of nitrogens with one attached hydrogen (secondary N) is 1. The first-order valence-electron chi connectivity index (χ1n) is 7.90. The average Bonchev–Trinajstić information content (AvgIpc) is 2.62. The van der Waals surface area contributed by atoms with Gasteiger partial charge in [0.05, 0.1) is 20.8 Å². The van der Waals surface area contributed by atoms with Crippen LogP contribution in [0, 0.1) is 0 Å². The molecule has 1 N–H and O–H groups in total. The minimum absolute atomic E-state index is 0.145. The molecule has 5 nitrogen and oxygen atoms in total. The van der Waals surface area contributed by atoms with Crippen LogP contribution >= 0.6 is 0 Å². The van der Waals surface area contributed by atoms with Crippen LogP contribution in [0.15, 0.2) is 42.5 Å². The van der Waals surface area contributed by atoms with E-state index in [0.29, 0.717) is 36.6 Å². The SMILES string of the molecule is CCOc1cc(C(=O)NCCc2ccccc2OC)ccc1OC. The van der Waals surface area contributed by atoms with Crippen LogP contribution in [0.2, 0.25) is 0 Å². The highest BCUT2D eigenvalue weighted by Gasteiger charge is 2.11. The maximum atomic E-state index is 12.3. The zero-order valence-electron chi connectivity index (χ0n) is 14.3. The minimum Gasteiger partial charge on any atom is -0.496 e. The van der Waals surface area contributed by atoms with Gasteiger partial charge in [0.15, 0.2) is 11.5 Å². The first-order valence-corrected chi connectivity index (χ1v) is 7.90. The molecular formula is C19H23NO4. The topological polar surface area (TPSA) is 56.8 Å². The molecule has 0 aromatic heterocycles. The highest BCUT2D eigenvalue weighted by atomic mass is 16.5. The zero-order chi connectivity index (χ0) is 17.4. The first-order chi connectivity index (χ1) is 11.7. The Morgan fingerprint density at radius 3 is 2.46 bits per heavy atom. The fraction of sp³-hybridized carbons (Fsp3) is 0.316. The van der Waals surface area contributed by atoms with E-state index in [1.807, 2.05) is 31.2 Å². The lowest BCUT2D eigenvalue weighted by atomic mass is 10.1. The number of amides is 1. The monoisotopic (exact) mass is 329 g/mol. The normalized spacial score (nSPS) is 10.1. The van der Waals surface area contributed by atoms with E-state index in [2.05, 4.69) is 5.32 Å². The second-order valence-corrected chi connectivity index (χ2v) is 5.12. The van der Waals surface area contributed by atoms with Crippen LogP contribution in [0.1, 0.15) is 22.8 Å². The number of hydrogen-bond acceptors (Lipinski definition) is 4. The average molecular weight is 329 g/mol. The summed E-state index contributed by atoms with van der Waals surface area (Å²) in [6.07, 6.45) is 0.699. The molecule has 0 saturated carbocycles. The summed E-state index contributed by atoms with van der Waals surface area (Å²) in [6, 6.07) is 12.9. The second kappa shape index (κ2) is 8.82. The molecule has 2 aromatic rings. The highest BCUT2D eigenvalue weighted by Crippen LogP contribution is 2.28. The van der Waals surface area contributed by atoms with Crippen molar-refractivity contribution in [2.24, 2.45) is 0 Å². The number of benzene rings is 2. The van der Waals surface area contributed by atoms with Gasteiger partial charge in [-0.25, -0.2) is 0 Å². The Balaban J connectivity index is 1.98. The second-order valence-electron chi connectivity index (χ2n) is 5.12. The summed E-state index contributed by atoms with van der Waals surface area (Å²) in [5.41, 5.74) is 1.60. The van der Waals surface area contributed by atoms with Crippen molar-refractivity contribution in [3.8, 4) is 17.2 Å². The maximum Gasteiger partial charge on any atom is 0.251 e. The van der Waals surface area contributed by atoms with Crippen molar-refractivity contribution in [3.63, 3.8) is 0 Å². The van der Waals surface area contributed by atoms with E-state index in [4.69, 9.17) is 14.2 Å². The quantitative estimate of drug-likeness (QED) is 0.809. The Morgan fingerprint density at radius 1 is 1.00 bits per heavy atom. The fourth-order valence-corrected chi connectivity index (χ4v) is 2.41. The van der Waals surface area contributed by atoms with E-state index in [0.717, 1.165) is 11.3 Å². The van der Waals surface area contributed by atoms with Gasteiger partial charge in [-0.15, -0.1) is 0 Å². The van der Waals surface area contributed by atoms with Gasteiger partial charge >= 0.3 is 0 Å². The third kappa shape index (κ3) is 4.41. The van der Waals surface area contributed by atoms with Crippen molar-refractivity contribution in [2.75, 3.05) is 27.4 Å². The van der Waals surface area contributed by atoms with E-state index in [1.54, 1.807) is 32.4 Å². The van der Waals surface area contributed by atoms with E-state index < -0.39 is 0 Å². The van der Waals surface area contributed by atoms with Gasteiger partial charge in [-0.2, -0.15) is 0 Å². The first kappa shape index (κ1) is 17.7. The predicted molar refractivity (Wildman–Crippen MR) is 93.2 cm³/mol. The van der Waals surface area contributed by atoms with Gasteiger partial charge in [0.25, 0.3) is 5.91 Å². The van der Waals surface area contributed by atoms with Crippen LogP contribution in [-0.2, 0) is 6.42 Å². The Hall–Kier alpha value is -2.69. The highest BCUT2D eigenvalue weighted by molar-refractivity contribution is 5.94. The van der Waals surface area contributed by atoms with Gasteiger partial charge in [0, 0.05) is 12.1 Å². The standard InChI is InChI=1S/C19H23NO4/c1-4-24-18-13-15(9-10-17(18)23-3)19(21)20-12-11-14-7-5-6-8-16(14)22-2/h5-10,13H,4,11-12H2,1-3H3,(H,20,21). The van der Waals surface area contributed by atoms with Crippen molar-refractivity contribution >= 4 is 5.91 Å². The van der Waals surface area contributed by atoms with Gasteiger partial charge in [-0.3, -0.25) is 4.79 Å². The number of rotatable bonds is 8. The third-order valence-corrected chi connectivity index (χ3v) is 3.60. The van der Waals surface area contributed by atoms with Crippen molar-refractivity contribution in [1.82, 2.24) is 5.32 Å². The lowest BCUT2D eigenvalue weighted by Gasteiger charge is -2.12. The molecule has 128 valence electrons. The molecule has 0 aliphatic rings. The smallest absolute Gasteiger partial charge is 0.251 e. The van der Waals surface area contributed by atoms with E-state index in [1.165, 1.54) is 0 Å². The molecule has 0 radical (unpaired) electrons. The molecule has 24 heavy (non-hydrogen) atoms. The largest absolute Gasteiger partial charge is 0.496 e. The van der Waals surface area contributed by atoms with Crippen LogP contribution in [0.3, 0.4) is 0 Å². The summed E-state index contributed by atoms with van der Waals surface area (Å²) >= 11 is 0. The summed E-state index contributed by atoms with van der Waals surface area (Å²) in [4.78, 5) is 12.3. The molecule has 0 spiro atoms. The number of carbonyl (C=O) groups is 1. The van der Waals surface area contributed by atoms with Crippen LogP contribution in [0.25, 0.3) is 0 Å². The summed E-state index contributed by atoms with van der Waals surface area (Å²) in [6.45, 7) is 2.92. The van der Waals surface area contributed by atoms with Gasteiger partial charge < -0.3 is 19.5 Å². The van der Waals surface area contributed by atoms with E-state index >= 15 is 0 Å². The molecule has 0 bridgehead atoms. The van der Waals surface area contributed by atoms with Crippen molar-refractivity contribution < 1.29 is 19.0 Å². The molecule has 2 rings (SSSR count). The van der Waals surface area contributed by atoms with Gasteiger partial charge in [-0.1, -0.05) is 18.2 Å². The van der Waals surface area contributed by atoms with Gasteiger partial charge in [0.2, 0.25) is 0 Å². The molecule has 2 aromatic carbocycles. The minimum atomic E-state index is -0.145. The summed E-state index contributed by atoms with van der Waals surface area (Å²) < 4.78 is 16.0. The van der Waals surface area contributed by atoms with Crippen LogP contribution in [-0.4, -0.2) is 33.3 Å². The molecule has 5 heteroatoms. The summed E-state index contributed by atoms with van der Waals surface area (Å²) in [7, 11) is 3.22. The number of para-hydroxylation sites is 1. The van der Waals surface area contributed by atoms with Crippen molar-refractivity contribution in [3.05, 3.63) is 53.6 Å². The van der Waals surface area contributed by atoms with Gasteiger partial charge in [0.1, 0.15) is 5.75 Å². The predicted octanol–water partition coefficient (Wildman–Crippen LogP) is 3.08. The Bertz CT molecular complexity index is 685. The fourth-order valence-electron chi connectivity index (χ4n) is 2.41. The Morgan fingerprint density at radius 2 is 1.75 bits per heavy atom. The molecule has 0 atom stereocenters. The molecule has 1 amide bonds. The third-order valence-electron chi connectivity index (χ3n) is 3.60. The molecule has 0 fully saturated rings. The molecule has 0 aliphatic heterocycles. The molecular weight excluding hydrogens is 306 g/mol. The van der Waals surface area contributed by atoms with Crippen LogP contribution < -0.4 is 19.5 Å².